The third-order valence-electron chi connectivity index (χ3n) is 3.19. The first kappa shape index (κ1) is 15.9. The maximum atomic E-state index is 3.57. The van der Waals surface area contributed by atoms with Gasteiger partial charge in [0.05, 0.1) is 0 Å². The Kier molecular flexibility index (Phi) is 8.99. The van der Waals surface area contributed by atoms with Crippen LogP contribution in [0.25, 0.3) is 0 Å². The van der Waals surface area contributed by atoms with Gasteiger partial charge in [0.1, 0.15) is 0 Å². The molecule has 4 heteroatoms. The molecule has 0 spiro atoms. The smallest absolute Gasteiger partial charge is 0.325 e. The van der Waals surface area contributed by atoms with Gasteiger partial charge in [0.2, 0.25) is 0 Å². The molecule has 0 fully saturated rings. The molecule has 0 amide bonds. The van der Waals surface area contributed by atoms with Crippen molar-refractivity contribution in [1.29, 1.82) is 0 Å². The van der Waals surface area contributed by atoms with Gasteiger partial charge in [0, 0.05) is 0 Å². The van der Waals surface area contributed by atoms with Crippen LogP contribution in [0.1, 0.15) is 60.8 Å². The summed E-state index contributed by atoms with van der Waals surface area (Å²) in [6.45, 7) is 13.3. The normalized spacial score (nSPS) is 16.9. The lowest BCUT2D eigenvalue weighted by Crippen LogP contribution is -2.64. The molecule has 0 heterocycles. The van der Waals surface area contributed by atoms with E-state index in [2.05, 4.69) is 57.2 Å². The Bertz CT molecular complexity index is 138. The summed E-state index contributed by atoms with van der Waals surface area (Å²) < 4.78 is 0. The van der Waals surface area contributed by atoms with E-state index < -0.39 is 0 Å². The van der Waals surface area contributed by atoms with Gasteiger partial charge < -0.3 is 15.7 Å². The van der Waals surface area contributed by atoms with Crippen molar-refractivity contribution < 1.29 is 0 Å². The molecule has 0 aliphatic rings. The van der Waals surface area contributed by atoms with Crippen molar-refractivity contribution in [3.63, 3.8) is 0 Å². The minimum Gasteiger partial charge on any atom is -0.325 e. The Morgan fingerprint density at radius 3 is 1.12 bits per heavy atom. The summed E-state index contributed by atoms with van der Waals surface area (Å²) in [6, 6.07) is 1.62. The highest BCUT2D eigenvalue weighted by molar-refractivity contribution is 6.50. The molecule has 0 aromatic carbocycles. The Balaban J connectivity index is 4.15. The van der Waals surface area contributed by atoms with Crippen molar-refractivity contribution in [3.8, 4) is 0 Å². The Labute approximate surface area is 102 Å². The topological polar surface area (TPSA) is 36.1 Å². The molecule has 0 aromatic heterocycles. The third-order valence-corrected chi connectivity index (χ3v) is 3.19. The molecule has 0 radical (unpaired) electrons. The van der Waals surface area contributed by atoms with E-state index in [4.69, 9.17) is 0 Å². The van der Waals surface area contributed by atoms with Gasteiger partial charge in [-0.05, 0) is 37.4 Å². The standard InChI is InChI=1S/C12H30BN3/c1-7-10(4)14-13(15-11(5)8-2)16-12(6)9-3/h10-12,14-16H,7-9H2,1-6H3. The molecule has 0 rings (SSSR count). The van der Waals surface area contributed by atoms with E-state index in [1.165, 1.54) is 0 Å². The van der Waals surface area contributed by atoms with Gasteiger partial charge in [-0.1, -0.05) is 41.5 Å². The Hall–Kier alpha value is -0.0551. The molecule has 3 unspecified atom stereocenters. The molecule has 96 valence electrons. The van der Waals surface area contributed by atoms with Crippen LogP contribution in [0.4, 0.5) is 0 Å². The predicted octanol–water partition coefficient (Wildman–Crippen LogP) is 2.14. The number of rotatable bonds is 9. The van der Waals surface area contributed by atoms with Gasteiger partial charge in [-0.2, -0.15) is 0 Å². The van der Waals surface area contributed by atoms with Crippen LogP contribution in [0.15, 0.2) is 0 Å². The van der Waals surface area contributed by atoms with Crippen molar-refractivity contribution in [1.82, 2.24) is 15.7 Å². The van der Waals surface area contributed by atoms with Crippen LogP contribution < -0.4 is 15.7 Å². The summed E-state index contributed by atoms with van der Waals surface area (Å²) in [7, 11) is 0.222. The van der Waals surface area contributed by atoms with Crippen LogP contribution in [-0.2, 0) is 0 Å². The molecule has 0 saturated heterocycles. The van der Waals surface area contributed by atoms with Gasteiger partial charge >= 0.3 is 7.12 Å². The largest absolute Gasteiger partial charge is 0.395 e. The maximum Gasteiger partial charge on any atom is 0.395 e. The quantitative estimate of drug-likeness (QED) is 0.528. The molecule has 16 heavy (non-hydrogen) atoms. The van der Waals surface area contributed by atoms with Crippen molar-refractivity contribution in [2.24, 2.45) is 0 Å². The third kappa shape index (κ3) is 7.26. The first-order valence-corrected chi connectivity index (χ1v) is 6.81. The molecule has 0 aliphatic heterocycles. The number of hydrogen-bond donors (Lipinski definition) is 3. The second-order valence-electron chi connectivity index (χ2n) is 4.86. The summed E-state index contributed by atoms with van der Waals surface area (Å²) in [5.41, 5.74) is 0. The molecular formula is C12H30BN3. The molecule has 0 aromatic rings. The van der Waals surface area contributed by atoms with Crippen molar-refractivity contribution >= 4 is 7.12 Å². The van der Waals surface area contributed by atoms with Crippen LogP contribution >= 0.6 is 0 Å². The molecule has 0 saturated carbocycles. The van der Waals surface area contributed by atoms with Crippen LogP contribution in [0.5, 0.6) is 0 Å². The lowest BCUT2D eigenvalue weighted by Gasteiger charge is -2.26. The van der Waals surface area contributed by atoms with E-state index in [1.54, 1.807) is 0 Å². The zero-order chi connectivity index (χ0) is 12.6. The average molecular weight is 227 g/mol. The fourth-order valence-corrected chi connectivity index (χ4v) is 1.35. The molecule has 3 nitrogen and oxygen atoms in total. The van der Waals surface area contributed by atoms with Crippen LogP contribution in [0.2, 0.25) is 0 Å². The summed E-state index contributed by atoms with van der Waals surface area (Å²) in [6.07, 6.45) is 3.46. The second-order valence-corrected chi connectivity index (χ2v) is 4.86. The fourth-order valence-electron chi connectivity index (χ4n) is 1.35. The lowest BCUT2D eigenvalue weighted by molar-refractivity contribution is 0.558. The highest BCUT2D eigenvalue weighted by Crippen LogP contribution is 1.94. The second kappa shape index (κ2) is 9.02. The first-order valence-electron chi connectivity index (χ1n) is 6.81. The first-order chi connectivity index (χ1) is 7.53. The minimum atomic E-state index is 0.222. The molecule has 3 N–H and O–H groups in total. The fraction of sp³-hybridized carbons (Fsp3) is 1.00. The van der Waals surface area contributed by atoms with E-state index in [0.717, 1.165) is 19.3 Å². The van der Waals surface area contributed by atoms with E-state index in [9.17, 15) is 0 Å². The van der Waals surface area contributed by atoms with E-state index in [0.29, 0.717) is 18.1 Å². The minimum absolute atomic E-state index is 0.222. The van der Waals surface area contributed by atoms with Crippen LogP contribution in [-0.4, -0.2) is 25.2 Å². The van der Waals surface area contributed by atoms with Gasteiger partial charge in [-0.15, -0.1) is 0 Å². The van der Waals surface area contributed by atoms with Crippen molar-refractivity contribution in [2.75, 3.05) is 0 Å². The Morgan fingerprint density at radius 2 is 0.938 bits per heavy atom. The summed E-state index contributed by atoms with van der Waals surface area (Å²) in [4.78, 5) is 0. The SMILES string of the molecule is CCC(C)NB(NC(C)CC)NC(C)CC. The lowest BCUT2D eigenvalue weighted by atomic mass is 9.87. The molecule has 0 aliphatic carbocycles. The van der Waals surface area contributed by atoms with Gasteiger partial charge in [-0.3, -0.25) is 0 Å². The summed E-state index contributed by atoms with van der Waals surface area (Å²) in [5.74, 6) is 0. The van der Waals surface area contributed by atoms with Crippen molar-refractivity contribution in [2.45, 2.75) is 78.9 Å². The zero-order valence-electron chi connectivity index (χ0n) is 11.9. The number of nitrogens with one attached hydrogen (secondary N) is 3. The molecular weight excluding hydrogens is 197 g/mol. The van der Waals surface area contributed by atoms with Crippen LogP contribution in [0.3, 0.4) is 0 Å². The van der Waals surface area contributed by atoms with E-state index in [-0.39, 0.29) is 7.12 Å². The highest BCUT2D eigenvalue weighted by Gasteiger charge is 2.20. The Morgan fingerprint density at radius 1 is 0.688 bits per heavy atom. The molecule has 0 bridgehead atoms. The van der Waals surface area contributed by atoms with Gasteiger partial charge in [0.25, 0.3) is 0 Å². The summed E-state index contributed by atoms with van der Waals surface area (Å²) in [5, 5.41) is 10.7. The van der Waals surface area contributed by atoms with Crippen LogP contribution in [0, 0.1) is 0 Å². The monoisotopic (exact) mass is 227 g/mol. The highest BCUT2D eigenvalue weighted by atomic mass is 15.1. The molecule has 3 atom stereocenters. The maximum absolute atomic E-state index is 3.57. The average Bonchev–Trinajstić information content (AvgIpc) is 2.28. The van der Waals surface area contributed by atoms with E-state index in [1.807, 2.05) is 0 Å². The zero-order valence-corrected chi connectivity index (χ0v) is 11.9. The van der Waals surface area contributed by atoms with Gasteiger partial charge in [0.15, 0.2) is 0 Å². The summed E-state index contributed by atoms with van der Waals surface area (Å²) >= 11 is 0. The predicted molar refractivity (Wildman–Crippen MR) is 74.4 cm³/mol. The number of hydrogen-bond acceptors (Lipinski definition) is 3. The van der Waals surface area contributed by atoms with Crippen molar-refractivity contribution in [3.05, 3.63) is 0 Å². The van der Waals surface area contributed by atoms with E-state index >= 15 is 0 Å². The van der Waals surface area contributed by atoms with Gasteiger partial charge in [-0.25, -0.2) is 0 Å².